The first kappa shape index (κ1) is 14.9. The summed E-state index contributed by atoms with van der Waals surface area (Å²) < 4.78 is 0. The molecule has 0 fully saturated rings. The van der Waals surface area contributed by atoms with Crippen molar-refractivity contribution in [3.05, 3.63) is 0 Å². The lowest BCUT2D eigenvalue weighted by atomic mass is 10.00. The molecule has 2 nitrogen and oxygen atoms in total. The topological polar surface area (TPSA) is 29.1 Å². The minimum absolute atomic E-state index is 0.198. The molecule has 0 aromatic rings. The molecule has 90 valence electrons. The third-order valence-electron chi connectivity index (χ3n) is 2.80. The normalized spacial score (nSPS) is 15.1. The molecule has 0 aromatic carbocycles. The summed E-state index contributed by atoms with van der Waals surface area (Å²) in [6.45, 7) is 8.54. The van der Waals surface area contributed by atoms with Crippen LogP contribution in [0, 0.1) is 11.8 Å². The number of hydrogen-bond acceptors (Lipinski definition) is 1. The first-order chi connectivity index (χ1) is 7.01. The van der Waals surface area contributed by atoms with E-state index < -0.39 is 0 Å². The van der Waals surface area contributed by atoms with Gasteiger partial charge >= 0.3 is 0 Å². The molecule has 1 amide bonds. The van der Waals surface area contributed by atoms with Gasteiger partial charge in [-0.25, -0.2) is 0 Å². The van der Waals surface area contributed by atoms with Gasteiger partial charge in [-0.05, 0) is 18.3 Å². The Morgan fingerprint density at radius 2 is 1.93 bits per heavy atom. The van der Waals surface area contributed by atoms with Crippen LogP contribution in [0.25, 0.3) is 0 Å². The predicted octanol–water partition coefficient (Wildman–Crippen LogP) is 3.35. The Morgan fingerprint density at radius 3 is 2.33 bits per heavy atom. The summed E-state index contributed by atoms with van der Waals surface area (Å²) in [6.07, 6.45) is 2.73. The van der Waals surface area contributed by atoms with Crippen molar-refractivity contribution in [3.8, 4) is 0 Å². The summed E-state index contributed by atoms with van der Waals surface area (Å²) in [7, 11) is 0. The molecule has 3 heteroatoms. The molecule has 0 aromatic heterocycles. The molecule has 0 aliphatic carbocycles. The van der Waals surface area contributed by atoms with E-state index in [1.807, 2.05) is 0 Å². The van der Waals surface area contributed by atoms with Gasteiger partial charge in [0, 0.05) is 17.8 Å². The Kier molecular flexibility index (Phi) is 8.12. The van der Waals surface area contributed by atoms with Gasteiger partial charge in [-0.3, -0.25) is 4.79 Å². The molecular weight excluding hydrogens is 254 g/mol. The Bertz CT molecular complexity index is 182. The lowest BCUT2D eigenvalue weighted by Gasteiger charge is -2.22. The standard InChI is InChI=1S/C12H24BrNO/c1-5-10(4)8-12(15)14-11(6-7-13)9(2)3/h9-11H,5-8H2,1-4H3,(H,14,15). The highest BCUT2D eigenvalue weighted by atomic mass is 79.9. The van der Waals surface area contributed by atoms with Crippen molar-refractivity contribution in [2.24, 2.45) is 11.8 Å². The maximum absolute atomic E-state index is 11.7. The third-order valence-corrected chi connectivity index (χ3v) is 3.26. The van der Waals surface area contributed by atoms with Crippen LogP contribution in [-0.2, 0) is 4.79 Å². The van der Waals surface area contributed by atoms with E-state index in [1.54, 1.807) is 0 Å². The van der Waals surface area contributed by atoms with E-state index in [4.69, 9.17) is 0 Å². The number of halogens is 1. The first-order valence-corrected chi connectivity index (χ1v) is 6.98. The molecule has 15 heavy (non-hydrogen) atoms. The number of nitrogens with one attached hydrogen (secondary N) is 1. The van der Waals surface area contributed by atoms with Gasteiger partial charge in [-0.2, -0.15) is 0 Å². The quantitative estimate of drug-likeness (QED) is 0.711. The summed E-state index contributed by atoms with van der Waals surface area (Å²) in [5.41, 5.74) is 0. The maximum atomic E-state index is 11.7. The van der Waals surface area contributed by atoms with Gasteiger partial charge in [-0.15, -0.1) is 0 Å². The molecule has 1 N–H and O–H groups in total. The van der Waals surface area contributed by atoms with E-state index in [0.29, 0.717) is 24.3 Å². The fourth-order valence-electron chi connectivity index (χ4n) is 1.42. The molecule has 0 bridgehead atoms. The average Bonchev–Trinajstić information content (AvgIpc) is 2.16. The van der Waals surface area contributed by atoms with Crippen LogP contribution in [0.4, 0.5) is 0 Å². The highest BCUT2D eigenvalue weighted by Crippen LogP contribution is 2.10. The molecule has 0 radical (unpaired) electrons. The van der Waals surface area contributed by atoms with Crippen molar-refractivity contribution >= 4 is 21.8 Å². The van der Waals surface area contributed by atoms with Crippen molar-refractivity contribution in [2.75, 3.05) is 5.33 Å². The van der Waals surface area contributed by atoms with Crippen molar-refractivity contribution in [1.29, 1.82) is 0 Å². The molecule has 0 saturated heterocycles. The summed E-state index contributed by atoms with van der Waals surface area (Å²) >= 11 is 3.42. The van der Waals surface area contributed by atoms with Gasteiger partial charge in [0.25, 0.3) is 0 Å². The number of carbonyl (C=O) groups excluding carboxylic acids is 1. The molecule has 0 aliphatic rings. The average molecular weight is 278 g/mol. The SMILES string of the molecule is CCC(C)CC(=O)NC(CCBr)C(C)C. The van der Waals surface area contributed by atoms with Crippen LogP contribution in [0.5, 0.6) is 0 Å². The molecule has 2 unspecified atom stereocenters. The van der Waals surface area contributed by atoms with Gasteiger partial charge in [0.2, 0.25) is 5.91 Å². The Hall–Kier alpha value is -0.0500. The summed E-state index contributed by atoms with van der Waals surface area (Å²) in [5.74, 6) is 1.19. The van der Waals surface area contributed by atoms with Crippen LogP contribution in [0.15, 0.2) is 0 Å². The minimum Gasteiger partial charge on any atom is -0.353 e. The molecule has 0 aliphatic heterocycles. The highest BCUT2D eigenvalue weighted by Gasteiger charge is 2.16. The van der Waals surface area contributed by atoms with Crippen LogP contribution in [0.3, 0.4) is 0 Å². The second-order valence-corrected chi connectivity index (χ2v) is 5.41. The zero-order valence-electron chi connectivity index (χ0n) is 10.3. The minimum atomic E-state index is 0.198. The highest BCUT2D eigenvalue weighted by molar-refractivity contribution is 9.09. The Labute approximate surface area is 102 Å². The largest absolute Gasteiger partial charge is 0.353 e. The van der Waals surface area contributed by atoms with Gasteiger partial charge in [0.1, 0.15) is 0 Å². The summed E-state index contributed by atoms with van der Waals surface area (Å²) in [6, 6.07) is 0.306. The number of rotatable bonds is 7. The van der Waals surface area contributed by atoms with Crippen molar-refractivity contribution < 1.29 is 4.79 Å². The summed E-state index contributed by atoms with van der Waals surface area (Å²) in [5, 5.41) is 4.06. The molecule has 0 saturated carbocycles. The fourth-order valence-corrected chi connectivity index (χ4v) is 1.91. The zero-order valence-corrected chi connectivity index (χ0v) is 11.9. The number of alkyl halides is 1. The monoisotopic (exact) mass is 277 g/mol. The van der Waals surface area contributed by atoms with Crippen molar-refractivity contribution in [3.63, 3.8) is 0 Å². The second-order valence-electron chi connectivity index (χ2n) is 4.61. The Balaban J connectivity index is 3.99. The lowest BCUT2D eigenvalue weighted by Crippen LogP contribution is -2.39. The van der Waals surface area contributed by atoms with Gasteiger partial charge < -0.3 is 5.32 Å². The van der Waals surface area contributed by atoms with E-state index in [-0.39, 0.29) is 5.91 Å². The fraction of sp³-hybridized carbons (Fsp3) is 0.917. The second kappa shape index (κ2) is 8.14. The van der Waals surface area contributed by atoms with Crippen LogP contribution in [-0.4, -0.2) is 17.3 Å². The van der Waals surface area contributed by atoms with Gasteiger partial charge in [0.05, 0.1) is 0 Å². The number of carbonyl (C=O) groups is 1. The summed E-state index contributed by atoms with van der Waals surface area (Å²) in [4.78, 5) is 11.7. The lowest BCUT2D eigenvalue weighted by molar-refractivity contribution is -0.122. The van der Waals surface area contributed by atoms with Gasteiger partial charge in [-0.1, -0.05) is 50.0 Å². The molecule has 0 spiro atoms. The van der Waals surface area contributed by atoms with E-state index in [2.05, 4.69) is 48.9 Å². The zero-order chi connectivity index (χ0) is 11.8. The van der Waals surface area contributed by atoms with Crippen molar-refractivity contribution in [1.82, 2.24) is 5.32 Å². The third kappa shape index (κ3) is 6.93. The predicted molar refractivity (Wildman–Crippen MR) is 69.3 cm³/mol. The van der Waals surface area contributed by atoms with E-state index >= 15 is 0 Å². The van der Waals surface area contributed by atoms with E-state index in [1.165, 1.54) is 0 Å². The Morgan fingerprint density at radius 1 is 1.33 bits per heavy atom. The van der Waals surface area contributed by atoms with Crippen molar-refractivity contribution in [2.45, 2.75) is 53.0 Å². The van der Waals surface area contributed by atoms with Crippen LogP contribution in [0.1, 0.15) is 47.0 Å². The smallest absolute Gasteiger partial charge is 0.220 e. The van der Waals surface area contributed by atoms with Crippen LogP contribution in [0.2, 0.25) is 0 Å². The number of hydrogen-bond donors (Lipinski definition) is 1. The van der Waals surface area contributed by atoms with Crippen LogP contribution >= 0.6 is 15.9 Å². The number of amides is 1. The molecular formula is C12H24BrNO. The molecule has 0 rings (SSSR count). The van der Waals surface area contributed by atoms with Gasteiger partial charge in [0.15, 0.2) is 0 Å². The van der Waals surface area contributed by atoms with E-state index in [9.17, 15) is 4.79 Å². The van der Waals surface area contributed by atoms with Crippen LogP contribution < -0.4 is 5.32 Å². The maximum Gasteiger partial charge on any atom is 0.220 e. The molecule has 0 heterocycles. The molecule has 2 atom stereocenters. The first-order valence-electron chi connectivity index (χ1n) is 5.86. The van der Waals surface area contributed by atoms with E-state index in [0.717, 1.165) is 18.2 Å².